The normalized spacial score (nSPS) is 17.9. The number of rotatable bonds is 4. The van der Waals surface area contributed by atoms with Gasteiger partial charge in [0.25, 0.3) is 0 Å². The monoisotopic (exact) mass is 313 g/mol. The van der Waals surface area contributed by atoms with Crippen LogP contribution in [0.1, 0.15) is 54.8 Å². The molecule has 1 aliphatic rings. The van der Waals surface area contributed by atoms with Crippen molar-refractivity contribution in [1.82, 2.24) is 4.98 Å². The van der Waals surface area contributed by atoms with E-state index in [-0.39, 0.29) is 0 Å². The third-order valence-electron chi connectivity index (χ3n) is 4.16. The molecule has 1 aromatic heterocycles. The first-order valence-electron chi connectivity index (χ1n) is 7.99. The predicted octanol–water partition coefficient (Wildman–Crippen LogP) is 4.84. The van der Waals surface area contributed by atoms with Crippen molar-refractivity contribution in [3.63, 3.8) is 0 Å². The highest BCUT2D eigenvalue weighted by atomic mass is 32.1. The molecule has 0 fully saturated rings. The number of aryl methyl sites for hydroxylation is 1. The molecule has 4 heteroatoms. The van der Waals surface area contributed by atoms with Gasteiger partial charge in [-0.05, 0) is 42.2 Å². The molecule has 0 saturated heterocycles. The van der Waals surface area contributed by atoms with Crippen LogP contribution in [0.25, 0.3) is 0 Å². The lowest BCUT2D eigenvalue weighted by atomic mass is 9.93. The van der Waals surface area contributed by atoms with Crippen molar-refractivity contribution in [3.05, 3.63) is 46.0 Å². The van der Waals surface area contributed by atoms with Crippen molar-refractivity contribution in [1.29, 1.82) is 0 Å². The Balaban J connectivity index is 1.62. The van der Waals surface area contributed by atoms with Gasteiger partial charge in [0, 0.05) is 4.88 Å². The van der Waals surface area contributed by atoms with Crippen molar-refractivity contribution in [2.75, 3.05) is 5.43 Å². The number of thiazole rings is 1. The zero-order chi connectivity index (χ0) is 15.5. The molecular formula is C18H23N3S. The quantitative estimate of drug-likeness (QED) is 0.648. The zero-order valence-electron chi connectivity index (χ0n) is 13.5. The van der Waals surface area contributed by atoms with Gasteiger partial charge in [0.1, 0.15) is 0 Å². The number of benzene rings is 1. The maximum Gasteiger partial charge on any atom is 0.203 e. The molecule has 116 valence electrons. The lowest BCUT2D eigenvalue weighted by Crippen LogP contribution is -2.09. The predicted molar refractivity (Wildman–Crippen MR) is 95.1 cm³/mol. The minimum Gasteiger partial charge on any atom is -0.253 e. The maximum absolute atomic E-state index is 4.65. The second-order valence-electron chi connectivity index (χ2n) is 6.43. The van der Waals surface area contributed by atoms with Crippen molar-refractivity contribution < 1.29 is 0 Å². The fourth-order valence-corrected chi connectivity index (χ4v) is 3.84. The molecule has 2 aromatic rings. The van der Waals surface area contributed by atoms with E-state index in [2.05, 4.69) is 60.5 Å². The smallest absolute Gasteiger partial charge is 0.203 e. The van der Waals surface area contributed by atoms with Crippen LogP contribution in [0.2, 0.25) is 0 Å². The van der Waals surface area contributed by atoms with E-state index in [1.807, 2.05) is 6.21 Å². The second kappa shape index (κ2) is 6.61. The summed E-state index contributed by atoms with van der Waals surface area (Å²) in [6, 6.07) is 8.54. The molecule has 0 radical (unpaired) electrons. The number of aromatic nitrogens is 1. The number of hydrazone groups is 1. The molecule has 3 rings (SSSR count). The van der Waals surface area contributed by atoms with Crippen LogP contribution in [0.3, 0.4) is 0 Å². The summed E-state index contributed by atoms with van der Waals surface area (Å²) in [6.45, 7) is 6.72. The van der Waals surface area contributed by atoms with Crippen LogP contribution in [0.15, 0.2) is 29.4 Å². The topological polar surface area (TPSA) is 37.3 Å². The highest BCUT2D eigenvalue weighted by Gasteiger charge is 2.19. The van der Waals surface area contributed by atoms with Gasteiger partial charge < -0.3 is 0 Å². The van der Waals surface area contributed by atoms with Gasteiger partial charge in [0.05, 0.1) is 11.9 Å². The van der Waals surface area contributed by atoms with Crippen LogP contribution in [0, 0.1) is 5.92 Å². The van der Waals surface area contributed by atoms with Gasteiger partial charge in [-0.15, -0.1) is 11.3 Å². The second-order valence-corrected chi connectivity index (χ2v) is 7.51. The molecule has 0 amide bonds. The first kappa shape index (κ1) is 15.2. The van der Waals surface area contributed by atoms with E-state index in [1.54, 1.807) is 11.3 Å². The van der Waals surface area contributed by atoms with Crippen LogP contribution in [0.5, 0.6) is 0 Å². The Morgan fingerprint density at radius 2 is 2.09 bits per heavy atom. The summed E-state index contributed by atoms with van der Waals surface area (Å²) in [7, 11) is 0. The van der Waals surface area contributed by atoms with E-state index in [9.17, 15) is 0 Å². The first-order chi connectivity index (χ1) is 10.6. The molecule has 0 unspecified atom stereocenters. The van der Waals surface area contributed by atoms with Gasteiger partial charge in [0.2, 0.25) is 5.13 Å². The van der Waals surface area contributed by atoms with E-state index in [4.69, 9.17) is 0 Å². The van der Waals surface area contributed by atoms with Crippen LogP contribution in [-0.2, 0) is 12.8 Å². The van der Waals surface area contributed by atoms with Gasteiger partial charge in [0.15, 0.2) is 0 Å². The van der Waals surface area contributed by atoms with Crippen LogP contribution in [-0.4, -0.2) is 11.2 Å². The molecule has 3 nitrogen and oxygen atoms in total. The van der Waals surface area contributed by atoms with Crippen LogP contribution >= 0.6 is 11.3 Å². The molecule has 22 heavy (non-hydrogen) atoms. The first-order valence-corrected chi connectivity index (χ1v) is 8.81. The van der Waals surface area contributed by atoms with Crippen molar-refractivity contribution >= 4 is 22.7 Å². The molecule has 1 aromatic carbocycles. The molecule has 1 atom stereocenters. The summed E-state index contributed by atoms with van der Waals surface area (Å²) >= 11 is 1.74. The minimum absolute atomic E-state index is 0.563. The average molecular weight is 313 g/mol. The lowest BCUT2D eigenvalue weighted by molar-refractivity contribution is 0.502. The lowest BCUT2D eigenvalue weighted by Gasteiger charge is -2.15. The van der Waals surface area contributed by atoms with Crippen molar-refractivity contribution in [3.8, 4) is 0 Å². The SMILES string of the molecule is CC(C)c1ccc(C=NNc2nc3c(s2)C[C@H](C)CC3)cc1. The Morgan fingerprint density at radius 3 is 2.82 bits per heavy atom. The number of nitrogens with zero attached hydrogens (tertiary/aromatic N) is 2. The van der Waals surface area contributed by atoms with E-state index in [0.717, 1.165) is 29.5 Å². The summed E-state index contributed by atoms with van der Waals surface area (Å²) < 4.78 is 0. The fraction of sp³-hybridized carbons (Fsp3) is 0.444. The van der Waals surface area contributed by atoms with Gasteiger partial charge >= 0.3 is 0 Å². The Morgan fingerprint density at radius 1 is 1.32 bits per heavy atom. The molecule has 0 bridgehead atoms. The van der Waals surface area contributed by atoms with Crippen molar-refractivity contribution in [2.24, 2.45) is 11.0 Å². The van der Waals surface area contributed by atoms with Gasteiger partial charge in [-0.1, -0.05) is 45.0 Å². The number of nitrogens with one attached hydrogen (secondary N) is 1. The summed E-state index contributed by atoms with van der Waals surface area (Å²) in [6.07, 6.45) is 5.37. The molecule has 0 saturated carbocycles. The summed E-state index contributed by atoms with van der Waals surface area (Å²) in [4.78, 5) is 6.08. The number of hydrogen-bond acceptors (Lipinski definition) is 4. The van der Waals surface area contributed by atoms with Crippen molar-refractivity contribution in [2.45, 2.75) is 46.0 Å². The Kier molecular flexibility index (Phi) is 4.57. The Hall–Kier alpha value is -1.68. The standard InChI is InChI=1S/C18H23N3S/c1-12(2)15-7-5-14(6-8-15)11-19-21-18-20-16-9-4-13(3)10-17(16)22-18/h5-8,11-13H,4,9-10H2,1-3H3,(H,20,21)/t13-/m1/s1. The average Bonchev–Trinajstić information content (AvgIpc) is 2.89. The minimum atomic E-state index is 0.563. The molecular weight excluding hydrogens is 290 g/mol. The molecule has 1 heterocycles. The maximum atomic E-state index is 4.65. The zero-order valence-corrected chi connectivity index (χ0v) is 14.3. The van der Waals surface area contributed by atoms with Gasteiger partial charge in [-0.3, -0.25) is 5.43 Å². The third-order valence-corrected chi connectivity index (χ3v) is 5.19. The van der Waals surface area contributed by atoms with Crippen LogP contribution in [0.4, 0.5) is 5.13 Å². The molecule has 1 N–H and O–H groups in total. The summed E-state index contributed by atoms with van der Waals surface area (Å²) in [5.41, 5.74) is 6.80. The Bertz CT molecular complexity index is 655. The fourth-order valence-electron chi connectivity index (χ4n) is 2.72. The largest absolute Gasteiger partial charge is 0.253 e. The van der Waals surface area contributed by atoms with Gasteiger partial charge in [-0.25, -0.2) is 4.98 Å². The molecule has 1 aliphatic carbocycles. The molecule has 0 spiro atoms. The van der Waals surface area contributed by atoms with Crippen LogP contribution < -0.4 is 5.43 Å². The number of hydrogen-bond donors (Lipinski definition) is 1. The number of fused-ring (bicyclic) bond motifs is 1. The van der Waals surface area contributed by atoms with E-state index in [0.29, 0.717) is 5.92 Å². The summed E-state index contributed by atoms with van der Waals surface area (Å²) in [5, 5.41) is 5.23. The highest BCUT2D eigenvalue weighted by Crippen LogP contribution is 2.32. The Labute approximate surface area is 136 Å². The summed E-state index contributed by atoms with van der Waals surface area (Å²) in [5.74, 6) is 1.34. The molecule has 0 aliphatic heterocycles. The van der Waals surface area contributed by atoms with E-state index >= 15 is 0 Å². The van der Waals surface area contributed by atoms with E-state index < -0.39 is 0 Å². The van der Waals surface area contributed by atoms with Gasteiger partial charge in [-0.2, -0.15) is 5.10 Å². The third kappa shape index (κ3) is 3.55. The highest BCUT2D eigenvalue weighted by molar-refractivity contribution is 7.15. The number of anilines is 1. The van der Waals surface area contributed by atoms with E-state index in [1.165, 1.54) is 22.6 Å².